The van der Waals surface area contributed by atoms with Gasteiger partial charge in [0.25, 0.3) is 5.91 Å². The van der Waals surface area contributed by atoms with Gasteiger partial charge in [0.05, 0.1) is 11.8 Å². The van der Waals surface area contributed by atoms with E-state index in [9.17, 15) is 9.90 Å². The first-order valence-corrected chi connectivity index (χ1v) is 9.37. The molecule has 1 saturated carbocycles. The SMILES string of the molecule is Nc1ccsc1C(=O)NC1CC(c2cc(N3CC[C@@H](O)C3)ncn2)C1. The third kappa shape index (κ3) is 3.32. The lowest BCUT2D eigenvalue weighted by Gasteiger charge is -2.35. The molecule has 4 rings (SSSR count). The summed E-state index contributed by atoms with van der Waals surface area (Å²) in [6.07, 6.45) is 3.84. The zero-order chi connectivity index (χ0) is 17.4. The minimum absolute atomic E-state index is 0.0922. The maximum absolute atomic E-state index is 12.2. The Hall–Kier alpha value is -2.19. The zero-order valence-corrected chi connectivity index (χ0v) is 14.6. The summed E-state index contributed by atoms with van der Waals surface area (Å²) in [5, 5.41) is 14.5. The number of anilines is 2. The fourth-order valence-corrected chi connectivity index (χ4v) is 4.16. The molecule has 0 unspecified atom stereocenters. The standard InChI is InChI=1S/C17H21N5O2S/c18-13-2-4-25-16(13)17(24)21-11-5-10(6-11)14-7-15(20-9-19-14)22-3-1-12(23)8-22/h2,4,7,9-12,23H,1,3,5-6,8,18H2,(H,21,24)/t10?,11?,12-/m1/s1. The van der Waals surface area contributed by atoms with Gasteiger partial charge in [-0.25, -0.2) is 9.97 Å². The fraction of sp³-hybridized carbons (Fsp3) is 0.471. The highest BCUT2D eigenvalue weighted by Gasteiger charge is 2.33. The van der Waals surface area contributed by atoms with Crippen LogP contribution in [0, 0.1) is 0 Å². The summed E-state index contributed by atoms with van der Waals surface area (Å²) in [7, 11) is 0. The van der Waals surface area contributed by atoms with Gasteiger partial charge in [-0.3, -0.25) is 4.79 Å². The molecule has 2 aliphatic rings. The molecule has 1 atom stereocenters. The van der Waals surface area contributed by atoms with Gasteiger partial charge in [-0.05, 0) is 30.7 Å². The second-order valence-corrected chi connectivity index (χ2v) is 7.65. The topological polar surface area (TPSA) is 104 Å². The number of β-amino-alcohol motifs (C(OH)–C–C–N with tert-alkyl or cyclic N) is 1. The van der Waals surface area contributed by atoms with Gasteiger partial charge in [-0.15, -0.1) is 11.3 Å². The summed E-state index contributed by atoms with van der Waals surface area (Å²) in [4.78, 5) is 23.6. The molecule has 0 aromatic carbocycles. The Balaban J connectivity index is 1.35. The van der Waals surface area contributed by atoms with Crippen LogP contribution < -0.4 is 16.0 Å². The zero-order valence-electron chi connectivity index (χ0n) is 13.8. The number of carbonyl (C=O) groups excluding carboxylic acids is 1. The van der Waals surface area contributed by atoms with Gasteiger partial charge in [0.2, 0.25) is 0 Å². The van der Waals surface area contributed by atoms with E-state index in [0.29, 0.717) is 23.0 Å². The number of nitrogen functional groups attached to an aromatic ring is 1. The normalized spacial score (nSPS) is 25.6. The molecule has 8 heteroatoms. The molecule has 1 amide bonds. The van der Waals surface area contributed by atoms with Crippen LogP contribution >= 0.6 is 11.3 Å². The van der Waals surface area contributed by atoms with Crippen LogP contribution in [0.15, 0.2) is 23.8 Å². The molecule has 1 aliphatic carbocycles. The van der Waals surface area contributed by atoms with E-state index in [1.807, 2.05) is 11.4 Å². The summed E-state index contributed by atoms with van der Waals surface area (Å²) in [5.41, 5.74) is 7.33. The van der Waals surface area contributed by atoms with Gasteiger partial charge >= 0.3 is 0 Å². The molecule has 2 fully saturated rings. The Morgan fingerprint density at radius 3 is 2.92 bits per heavy atom. The van der Waals surface area contributed by atoms with Crippen molar-refractivity contribution in [1.29, 1.82) is 0 Å². The van der Waals surface area contributed by atoms with Crippen LogP contribution in [0.25, 0.3) is 0 Å². The highest BCUT2D eigenvalue weighted by Crippen LogP contribution is 2.37. The van der Waals surface area contributed by atoms with E-state index in [0.717, 1.165) is 37.3 Å². The van der Waals surface area contributed by atoms with Crippen molar-refractivity contribution in [3.63, 3.8) is 0 Å². The minimum Gasteiger partial charge on any atom is -0.397 e. The van der Waals surface area contributed by atoms with Crippen LogP contribution in [0.3, 0.4) is 0 Å². The first kappa shape index (κ1) is 16.3. The van der Waals surface area contributed by atoms with Crippen molar-refractivity contribution in [3.05, 3.63) is 34.4 Å². The predicted octanol–water partition coefficient (Wildman–Crippen LogP) is 1.37. The third-order valence-corrected chi connectivity index (χ3v) is 5.88. The number of nitrogens with one attached hydrogen (secondary N) is 1. The fourth-order valence-electron chi connectivity index (χ4n) is 3.44. The Morgan fingerprint density at radius 2 is 2.24 bits per heavy atom. The van der Waals surface area contributed by atoms with Gasteiger partial charge in [0.15, 0.2) is 0 Å². The van der Waals surface area contributed by atoms with Gasteiger partial charge < -0.3 is 21.1 Å². The molecule has 0 spiro atoms. The summed E-state index contributed by atoms with van der Waals surface area (Å²) in [5.74, 6) is 1.12. The number of hydrogen-bond donors (Lipinski definition) is 3. The molecule has 0 radical (unpaired) electrons. The van der Waals surface area contributed by atoms with Crippen LogP contribution in [0.4, 0.5) is 11.5 Å². The molecule has 2 aromatic rings. The lowest BCUT2D eigenvalue weighted by atomic mass is 9.78. The summed E-state index contributed by atoms with van der Waals surface area (Å²) in [6, 6.07) is 3.92. The maximum atomic E-state index is 12.2. The number of aliphatic hydroxyl groups excluding tert-OH is 1. The van der Waals surface area contributed by atoms with E-state index in [4.69, 9.17) is 5.73 Å². The number of hydrogen-bond acceptors (Lipinski definition) is 7. The van der Waals surface area contributed by atoms with Crippen molar-refractivity contribution in [1.82, 2.24) is 15.3 Å². The second-order valence-electron chi connectivity index (χ2n) is 6.73. The number of nitrogens with zero attached hydrogens (tertiary/aromatic N) is 3. The van der Waals surface area contributed by atoms with Crippen LogP contribution in [0.5, 0.6) is 0 Å². The van der Waals surface area contributed by atoms with E-state index in [1.54, 1.807) is 12.4 Å². The molecule has 4 N–H and O–H groups in total. The lowest BCUT2D eigenvalue weighted by molar-refractivity contribution is 0.0913. The quantitative estimate of drug-likeness (QED) is 0.762. The smallest absolute Gasteiger partial charge is 0.263 e. The largest absolute Gasteiger partial charge is 0.397 e. The van der Waals surface area contributed by atoms with Gasteiger partial charge in [-0.2, -0.15) is 0 Å². The van der Waals surface area contributed by atoms with E-state index in [-0.39, 0.29) is 18.1 Å². The lowest BCUT2D eigenvalue weighted by Crippen LogP contribution is -2.43. The second kappa shape index (κ2) is 6.61. The molecule has 25 heavy (non-hydrogen) atoms. The van der Waals surface area contributed by atoms with E-state index in [1.165, 1.54) is 11.3 Å². The van der Waals surface area contributed by atoms with Gasteiger partial charge in [-0.1, -0.05) is 0 Å². The van der Waals surface area contributed by atoms with Crippen molar-refractivity contribution in [2.75, 3.05) is 23.7 Å². The van der Waals surface area contributed by atoms with Gasteiger partial charge in [0.1, 0.15) is 17.0 Å². The Kier molecular flexibility index (Phi) is 4.30. The Morgan fingerprint density at radius 1 is 1.40 bits per heavy atom. The van der Waals surface area contributed by atoms with E-state index < -0.39 is 0 Å². The summed E-state index contributed by atoms with van der Waals surface area (Å²) >= 11 is 1.36. The van der Waals surface area contributed by atoms with E-state index >= 15 is 0 Å². The number of aromatic nitrogens is 2. The monoisotopic (exact) mass is 359 g/mol. The highest BCUT2D eigenvalue weighted by molar-refractivity contribution is 7.12. The van der Waals surface area contributed by atoms with Crippen molar-refractivity contribution in [3.8, 4) is 0 Å². The van der Waals surface area contributed by atoms with Crippen LogP contribution in [-0.2, 0) is 0 Å². The number of rotatable bonds is 4. The number of thiophene rings is 1. The average molecular weight is 359 g/mol. The molecular formula is C17H21N5O2S. The molecule has 1 aliphatic heterocycles. The van der Waals surface area contributed by atoms with Crippen LogP contribution in [0.2, 0.25) is 0 Å². The Bertz CT molecular complexity index is 774. The van der Waals surface area contributed by atoms with Gasteiger partial charge in [0, 0.05) is 36.8 Å². The van der Waals surface area contributed by atoms with Crippen LogP contribution in [0.1, 0.15) is 40.5 Å². The van der Waals surface area contributed by atoms with Crippen molar-refractivity contribution in [2.45, 2.75) is 37.3 Å². The molecular weight excluding hydrogens is 338 g/mol. The number of nitrogens with two attached hydrogens (primary N) is 1. The first-order valence-electron chi connectivity index (χ1n) is 8.49. The minimum atomic E-state index is -0.272. The van der Waals surface area contributed by atoms with E-state index in [2.05, 4.69) is 20.2 Å². The summed E-state index contributed by atoms with van der Waals surface area (Å²) in [6.45, 7) is 1.45. The summed E-state index contributed by atoms with van der Waals surface area (Å²) < 4.78 is 0. The van der Waals surface area contributed by atoms with Crippen molar-refractivity contribution < 1.29 is 9.90 Å². The number of carbonyl (C=O) groups is 1. The van der Waals surface area contributed by atoms with Crippen LogP contribution in [-0.4, -0.2) is 46.2 Å². The number of aliphatic hydroxyl groups is 1. The molecule has 3 heterocycles. The third-order valence-electron chi connectivity index (χ3n) is 4.95. The predicted molar refractivity (Wildman–Crippen MR) is 96.8 cm³/mol. The highest BCUT2D eigenvalue weighted by atomic mass is 32.1. The molecule has 132 valence electrons. The first-order chi connectivity index (χ1) is 12.1. The van der Waals surface area contributed by atoms with Crippen molar-refractivity contribution in [2.24, 2.45) is 0 Å². The maximum Gasteiger partial charge on any atom is 0.263 e. The van der Waals surface area contributed by atoms with Crippen molar-refractivity contribution >= 4 is 28.7 Å². The molecule has 2 aromatic heterocycles. The average Bonchev–Trinajstić information content (AvgIpc) is 3.19. The number of amides is 1. The Labute approximate surface area is 149 Å². The molecule has 7 nitrogen and oxygen atoms in total. The molecule has 1 saturated heterocycles. The molecule has 0 bridgehead atoms.